The summed E-state index contributed by atoms with van der Waals surface area (Å²) in [7, 11) is -4.87. The first-order valence-corrected chi connectivity index (χ1v) is 14.3. The molecule has 1 aromatic heterocycles. The number of carbonyl (C=O) groups is 2. The van der Waals surface area contributed by atoms with Crippen LogP contribution in [0.4, 0.5) is 14.3 Å². The number of nitrogens with one attached hydrogen (secondary N) is 2. The van der Waals surface area contributed by atoms with Crippen LogP contribution in [-0.2, 0) is 25.2 Å². The van der Waals surface area contributed by atoms with Gasteiger partial charge in [0.05, 0.1) is 34.0 Å². The van der Waals surface area contributed by atoms with Crippen LogP contribution in [-0.4, -0.2) is 62.2 Å². The molecule has 17 heteroatoms. The Kier molecular flexibility index (Phi) is 11.0. The van der Waals surface area contributed by atoms with Crippen LogP contribution in [0.2, 0.25) is 10.0 Å². The van der Waals surface area contributed by atoms with Crippen molar-refractivity contribution >= 4 is 69.7 Å². The maximum atomic E-state index is 13.8. The van der Waals surface area contributed by atoms with Crippen LogP contribution in [0.15, 0.2) is 36.4 Å². The Bertz CT molecular complexity index is 1380. The molecule has 12 nitrogen and oxygen atoms in total. The number of hydrogen-bond donors (Lipinski definition) is 5. The van der Waals surface area contributed by atoms with E-state index in [9.17, 15) is 23.7 Å². The maximum absolute atomic E-state index is 13.8. The van der Waals surface area contributed by atoms with E-state index in [1.807, 2.05) is 0 Å². The average molecular weight is 625 g/mol. The number of phosphoric ester groups is 1. The molecule has 1 heterocycles. The van der Waals surface area contributed by atoms with Gasteiger partial charge in [0.1, 0.15) is 12.4 Å². The molecule has 0 fully saturated rings. The van der Waals surface area contributed by atoms with Gasteiger partial charge < -0.3 is 19.6 Å². The van der Waals surface area contributed by atoms with E-state index in [4.69, 9.17) is 37.7 Å². The molecule has 0 aliphatic heterocycles. The van der Waals surface area contributed by atoms with Gasteiger partial charge in [-0.2, -0.15) is 0 Å². The van der Waals surface area contributed by atoms with Gasteiger partial charge in [-0.15, -0.1) is 0 Å². The fourth-order valence-electron chi connectivity index (χ4n) is 3.41. The van der Waals surface area contributed by atoms with Crippen molar-refractivity contribution in [2.75, 3.05) is 18.5 Å². The third-order valence-corrected chi connectivity index (χ3v) is 7.20. The summed E-state index contributed by atoms with van der Waals surface area (Å²) in [5, 5.41) is 14.4. The summed E-state index contributed by atoms with van der Waals surface area (Å²) >= 11 is 13.1. The molecule has 212 valence electrons. The van der Waals surface area contributed by atoms with Gasteiger partial charge in [-0.1, -0.05) is 46.7 Å². The largest absolute Gasteiger partial charge is 0.469 e. The SMILES string of the molecule is CC(=O)N(NCc1cccc(F)c1Cl)C(COC(=O)Nc1nc2ccc(Cl)cc2s1)CC(O)COP(=O)(O)O. The molecule has 2 aromatic carbocycles. The first-order chi connectivity index (χ1) is 18.3. The molecular formula is C22H24Cl2FN4O8PS. The highest BCUT2D eigenvalue weighted by molar-refractivity contribution is 7.46. The standard InChI is InChI=1S/C22H24Cl2FN4O8PS/c1-12(30)29(26-9-13-3-2-4-17(25)20(13)24)15(8-16(31)11-37-38(33,34)35)10-36-22(32)28-21-27-18-6-5-14(23)7-19(18)39-21/h2-7,15-16,26,31H,8-11H2,1H3,(H,27,28,32)(H2,33,34,35). The van der Waals surface area contributed by atoms with Gasteiger partial charge in [0.25, 0.3) is 0 Å². The molecule has 0 aliphatic carbocycles. The number of aromatic nitrogens is 1. The van der Waals surface area contributed by atoms with Crippen LogP contribution in [0.25, 0.3) is 10.2 Å². The normalized spacial score (nSPS) is 13.2. The topological polar surface area (TPSA) is 171 Å². The lowest BCUT2D eigenvalue weighted by Gasteiger charge is -2.32. The predicted molar refractivity (Wildman–Crippen MR) is 143 cm³/mol. The van der Waals surface area contributed by atoms with Gasteiger partial charge in [-0.05, 0) is 29.8 Å². The molecule has 0 saturated heterocycles. The number of phosphoric acid groups is 1. The molecule has 3 rings (SSSR count). The van der Waals surface area contributed by atoms with Gasteiger partial charge in [0.15, 0.2) is 5.13 Å². The molecule has 3 aromatic rings. The second-order valence-corrected chi connectivity index (χ2v) is 11.2. The summed E-state index contributed by atoms with van der Waals surface area (Å²) in [5.74, 6) is -1.23. The van der Waals surface area contributed by atoms with Crippen LogP contribution < -0.4 is 10.7 Å². The number of nitrogens with zero attached hydrogens (tertiary/aromatic N) is 2. The average Bonchev–Trinajstić information content (AvgIpc) is 3.24. The van der Waals surface area contributed by atoms with E-state index >= 15 is 0 Å². The first-order valence-electron chi connectivity index (χ1n) is 11.2. The highest BCUT2D eigenvalue weighted by atomic mass is 35.5. The highest BCUT2D eigenvalue weighted by Gasteiger charge is 2.28. The fourth-order valence-corrected chi connectivity index (χ4v) is 5.10. The van der Waals surface area contributed by atoms with Crippen molar-refractivity contribution in [3.05, 3.63) is 57.8 Å². The Labute approximate surface area is 235 Å². The summed E-state index contributed by atoms with van der Waals surface area (Å²) in [4.78, 5) is 47.0. The molecule has 2 amide bonds. The Morgan fingerprint density at radius 2 is 1.97 bits per heavy atom. The van der Waals surface area contributed by atoms with Crippen molar-refractivity contribution in [3.8, 4) is 0 Å². The number of rotatable bonds is 12. The van der Waals surface area contributed by atoms with Gasteiger partial charge in [0.2, 0.25) is 5.91 Å². The zero-order valence-electron chi connectivity index (χ0n) is 20.2. The Morgan fingerprint density at radius 1 is 1.23 bits per heavy atom. The van der Waals surface area contributed by atoms with Crippen molar-refractivity contribution in [3.63, 3.8) is 0 Å². The fraction of sp³-hybridized carbons (Fsp3) is 0.318. The molecule has 0 bridgehead atoms. The minimum atomic E-state index is -4.87. The van der Waals surface area contributed by atoms with Gasteiger partial charge >= 0.3 is 13.9 Å². The minimum absolute atomic E-state index is 0.109. The van der Waals surface area contributed by atoms with Crippen LogP contribution in [0.5, 0.6) is 0 Å². The lowest BCUT2D eigenvalue weighted by Crippen LogP contribution is -2.52. The lowest BCUT2D eigenvalue weighted by molar-refractivity contribution is -0.137. The van der Waals surface area contributed by atoms with Crippen molar-refractivity contribution in [1.82, 2.24) is 15.4 Å². The van der Waals surface area contributed by atoms with Crippen LogP contribution in [0, 0.1) is 5.82 Å². The highest BCUT2D eigenvalue weighted by Crippen LogP contribution is 2.36. The monoisotopic (exact) mass is 624 g/mol. The number of anilines is 1. The minimum Gasteiger partial charge on any atom is -0.447 e. The third kappa shape index (κ3) is 9.64. The lowest BCUT2D eigenvalue weighted by atomic mass is 10.1. The van der Waals surface area contributed by atoms with Gasteiger partial charge in [-0.25, -0.2) is 24.2 Å². The number of hydrazine groups is 1. The number of thiazole rings is 1. The molecule has 0 radical (unpaired) electrons. The molecule has 0 aliphatic rings. The quantitative estimate of drug-likeness (QED) is 0.146. The Hall–Kier alpha value is -2.39. The van der Waals surface area contributed by atoms with E-state index in [-0.39, 0.29) is 23.1 Å². The number of hydrogen-bond acceptors (Lipinski definition) is 9. The van der Waals surface area contributed by atoms with Crippen molar-refractivity contribution in [2.45, 2.75) is 32.0 Å². The molecule has 5 N–H and O–H groups in total. The molecule has 2 unspecified atom stereocenters. The van der Waals surface area contributed by atoms with E-state index in [0.717, 1.165) is 21.0 Å². The number of benzene rings is 2. The number of amides is 2. The van der Waals surface area contributed by atoms with E-state index in [0.29, 0.717) is 16.1 Å². The zero-order chi connectivity index (χ0) is 28.7. The van der Waals surface area contributed by atoms with Crippen molar-refractivity contribution in [2.24, 2.45) is 0 Å². The number of fused-ring (bicyclic) bond motifs is 1. The third-order valence-electron chi connectivity index (χ3n) is 5.12. The molecule has 39 heavy (non-hydrogen) atoms. The van der Waals surface area contributed by atoms with E-state index in [1.165, 1.54) is 25.1 Å². The van der Waals surface area contributed by atoms with Crippen molar-refractivity contribution < 1.29 is 42.7 Å². The second kappa shape index (κ2) is 13.8. The Balaban J connectivity index is 1.71. The summed E-state index contributed by atoms with van der Waals surface area (Å²) in [6, 6.07) is 8.10. The molecule has 0 saturated carbocycles. The van der Waals surface area contributed by atoms with E-state index in [2.05, 4.69) is 20.3 Å². The van der Waals surface area contributed by atoms with Crippen LogP contribution >= 0.6 is 42.4 Å². The number of aliphatic hydroxyl groups excluding tert-OH is 1. The summed E-state index contributed by atoms with van der Waals surface area (Å²) in [6.45, 7) is -0.137. The maximum Gasteiger partial charge on any atom is 0.469 e. The number of aliphatic hydroxyl groups is 1. The molecular weight excluding hydrogens is 601 g/mol. The van der Waals surface area contributed by atoms with E-state index in [1.54, 1.807) is 18.2 Å². The smallest absolute Gasteiger partial charge is 0.447 e. The Morgan fingerprint density at radius 3 is 2.67 bits per heavy atom. The van der Waals surface area contributed by atoms with Crippen LogP contribution in [0.3, 0.4) is 0 Å². The summed E-state index contributed by atoms with van der Waals surface area (Å²) < 4.78 is 35.2. The number of halogens is 3. The van der Waals surface area contributed by atoms with Gasteiger partial charge in [-0.3, -0.25) is 19.6 Å². The molecule has 2 atom stereocenters. The first kappa shape index (κ1) is 31.1. The number of ether oxygens (including phenoxy) is 1. The second-order valence-electron chi connectivity index (χ2n) is 8.12. The summed E-state index contributed by atoms with van der Waals surface area (Å²) in [5.41, 5.74) is 3.70. The van der Waals surface area contributed by atoms with Crippen LogP contribution in [0.1, 0.15) is 18.9 Å². The predicted octanol–water partition coefficient (Wildman–Crippen LogP) is 4.07. The van der Waals surface area contributed by atoms with E-state index < -0.39 is 51.0 Å². The zero-order valence-corrected chi connectivity index (χ0v) is 23.4. The summed E-state index contributed by atoms with van der Waals surface area (Å²) in [6.07, 6.45) is -2.70. The number of carbonyl (C=O) groups excluding carboxylic acids is 2. The van der Waals surface area contributed by atoms with Gasteiger partial charge in [0, 0.05) is 24.9 Å². The van der Waals surface area contributed by atoms with Crippen molar-refractivity contribution in [1.29, 1.82) is 0 Å². The molecule has 0 spiro atoms.